The largest absolute Gasteiger partial charge is 0.392 e. The molecule has 2 saturated heterocycles. The maximum absolute atomic E-state index is 12.4. The number of carbonyl (C=O) groups excluding carboxylic acids is 2. The molecule has 0 aliphatic carbocycles. The SMILES string of the molecule is CC(=O)NCCCCCC(=O)NCc1ccc([C@H]2O[C@@H](CN3CCC(O)(c4ccc(Cl)cc4)CC3)[C@@H](C)[C@@H](c3ccc(CO)cc3)O2)cc1. The van der Waals surface area contributed by atoms with E-state index in [-0.39, 0.29) is 36.5 Å². The van der Waals surface area contributed by atoms with E-state index in [9.17, 15) is 19.8 Å². The van der Waals surface area contributed by atoms with E-state index in [2.05, 4.69) is 22.5 Å². The molecule has 0 bridgehead atoms. The van der Waals surface area contributed by atoms with Crippen molar-refractivity contribution in [1.82, 2.24) is 15.5 Å². The second-order valence-electron chi connectivity index (χ2n) is 13.5. The van der Waals surface area contributed by atoms with E-state index in [1.54, 1.807) is 0 Å². The van der Waals surface area contributed by atoms with Crippen molar-refractivity contribution in [3.63, 3.8) is 0 Å². The van der Waals surface area contributed by atoms with Gasteiger partial charge in [0.1, 0.15) is 0 Å². The van der Waals surface area contributed by atoms with Crippen molar-refractivity contribution in [2.75, 3.05) is 26.2 Å². The Kier molecular flexibility index (Phi) is 13.2. The van der Waals surface area contributed by atoms with Crippen LogP contribution in [0.3, 0.4) is 0 Å². The summed E-state index contributed by atoms with van der Waals surface area (Å²) in [5, 5.41) is 27.5. The molecular formula is C39H50ClN3O6. The van der Waals surface area contributed by atoms with Crippen LogP contribution in [0.15, 0.2) is 72.8 Å². The Morgan fingerprint density at radius 2 is 1.53 bits per heavy atom. The van der Waals surface area contributed by atoms with Gasteiger partial charge >= 0.3 is 0 Å². The maximum atomic E-state index is 12.4. The third-order valence-corrected chi connectivity index (χ3v) is 10.1. The molecule has 5 rings (SSSR count). The van der Waals surface area contributed by atoms with Crippen molar-refractivity contribution in [1.29, 1.82) is 0 Å². The van der Waals surface area contributed by atoms with Gasteiger partial charge in [-0.2, -0.15) is 0 Å². The molecule has 2 fully saturated rings. The number of hydrogen-bond acceptors (Lipinski definition) is 7. The number of carbonyl (C=O) groups is 2. The Bertz CT molecular complexity index is 1490. The first-order chi connectivity index (χ1) is 23.6. The van der Waals surface area contributed by atoms with Gasteiger partial charge in [-0.05, 0) is 60.1 Å². The quantitative estimate of drug-likeness (QED) is 0.155. The number of likely N-dealkylation sites (tertiary alicyclic amines) is 1. The van der Waals surface area contributed by atoms with E-state index in [1.807, 2.05) is 72.8 Å². The summed E-state index contributed by atoms with van der Waals surface area (Å²) in [6, 6.07) is 23.4. The second-order valence-corrected chi connectivity index (χ2v) is 13.9. The van der Waals surface area contributed by atoms with Crippen LogP contribution in [0.2, 0.25) is 5.02 Å². The topological polar surface area (TPSA) is 120 Å². The molecule has 4 atom stereocenters. The molecule has 3 aromatic carbocycles. The van der Waals surface area contributed by atoms with Crippen molar-refractivity contribution in [2.45, 2.75) is 89.6 Å². The molecule has 2 aliphatic heterocycles. The van der Waals surface area contributed by atoms with Crippen molar-refractivity contribution >= 4 is 23.4 Å². The molecule has 0 aromatic heterocycles. The summed E-state index contributed by atoms with van der Waals surface area (Å²) in [7, 11) is 0. The smallest absolute Gasteiger partial charge is 0.220 e. The number of amides is 2. The van der Waals surface area contributed by atoms with Gasteiger partial charge in [0.25, 0.3) is 0 Å². The average molecular weight is 692 g/mol. The van der Waals surface area contributed by atoms with Crippen molar-refractivity contribution < 1.29 is 29.3 Å². The lowest BCUT2D eigenvalue weighted by Gasteiger charge is -2.45. The minimum atomic E-state index is -0.876. The number of nitrogens with one attached hydrogen (secondary N) is 2. The highest BCUT2D eigenvalue weighted by Gasteiger charge is 2.41. The van der Waals surface area contributed by atoms with E-state index in [0.717, 1.165) is 60.2 Å². The minimum Gasteiger partial charge on any atom is -0.392 e. The van der Waals surface area contributed by atoms with Crippen LogP contribution in [0.4, 0.5) is 0 Å². The Hall–Kier alpha value is -3.31. The number of hydrogen-bond donors (Lipinski definition) is 4. The molecule has 2 aliphatic rings. The fraction of sp³-hybridized carbons (Fsp3) is 0.487. The molecule has 2 heterocycles. The molecule has 9 nitrogen and oxygen atoms in total. The van der Waals surface area contributed by atoms with E-state index in [0.29, 0.717) is 43.9 Å². The monoisotopic (exact) mass is 691 g/mol. The summed E-state index contributed by atoms with van der Waals surface area (Å²) in [5.74, 6) is 0.0307. The Morgan fingerprint density at radius 1 is 0.878 bits per heavy atom. The maximum Gasteiger partial charge on any atom is 0.220 e. The van der Waals surface area contributed by atoms with Gasteiger partial charge in [0.2, 0.25) is 11.8 Å². The minimum absolute atomic E-state index is 0.0127. The number of nitrogens with zero attached hydrogens (tertiary/aromatic N) is 1. The van der Waals surface area contributed by atoms with E-state index in [4.69, 9.17) is 21.1 Å². The van der Waals surface area contributed by atoms with E-state index >= 15 is 0 Å². The lowest BCUT2D eigenvalue weighted by molar-refractivity contribution is -0.277. The normalized spacial score (nSPS) is 22.4. The zero-order chi connectivity index (χ0) is 34.8. The Labute approximate surface area is 294 Å². The van der Waals surface area contributed by atoms with Crippen LogP contribution in [0.25, 0.3) is 0 Å². The standard InChI is InChI=1S/C39H50ClN3O6/c1-27-35(25-43-22-19-39(47,20-23-43)33-15-17-34(40)18-16-33)48-38(49-37(27)31-11-9-30(26-44)10-12-31)32-13-7-29(8-14-32)24-42-36(46)6-4-3-5-21-41-28(2)45/h7-18,27,35,37-38,44,47H,3-6,19-26H2,1-2H3,(H,41,45)(H,42,46)/t27-,35+,37+,38+/m1/s1. The second kappa shape index (κ2) is 17.6. The molecule has 49 heavy (non-hydrogen) atoms. The van der Waals surface area contributed by atoms with Crippen LogP contribution in [0.5, 0.6) is 0 Å². The van der Waals surface area contributed by atoms with E-state index < -0.39 is 11.9 Å². The number of aliphatic hydroxyl groups excluding tert-OH is 1. The van der Waals surface area contributed by atoms with Crippen LogP contribution in [-0.2, 0) is 37.8 Å². The molecule has 3 aromatic rings. The third kappa shape index (κ3) is 10.4. The molecule has 10 heteroatoms. The first-order valence-corrected chi connectivity index (χ1v) is 17.8. The van der Waals surface area contributed by atoms with E-state index in [1.165, 1.54) is 6.92 Å². The van der Waals surface area contributed by atoms with Gasteiger partial charge in [0.05, 0.1) is 24.4 Å². The lowest BCUT2D eigenvalue weighted by atomic mass is 9.84. The predicted octanol–water partition coefficient (Wildman–Crippen LogP) is 5.92. The molecule has 0 unspecified atom stereocenters. The molecule has 0 radical (unpaired) electrons. The highest BCUT2D eigenvalue weighted by Crippen LogP contribution is 2.42. The fourth-order valence-corrected chi connectivity index (χ4v) is 6.80. The summed E-state index contributed by atoms with van der Waals surface area (Å²) >= 11 is 6.09. The first-order valence-electron chi connectivity index (χ1n) is 17.4. The van der Waals surface area contributed by atoms with Crippen LogP contribution in [0, 0.1) is 5.92 Å². The van der Waals surface area contributed by atoms with Crippen molar-refractivity contribution in [3.05, 3.63) is 106 Å². The van der Waals surface area contributed by atoms with Gasteiger partial charge in [-0.1, -0.05) is 85.6 Å². The van der Waals surface area contributed by atoms with Gasteiger partial charge in [-0.3, -0.25) is 9.59 Å². The third-order valence-electron chi connectivity index (χ3n) is 9.82. The fourth-order valence-electron chi connectivity index (χ4n) is 6.67. The van der Waals surface area contributed by atoms with Crippen molar-refractivity contribution in [3.8, 4) is 0 Å². The molecule has 4 N–H and O–H groups in total. The number of ether oxygens (including phenoxy) is 2. The van der Waals surface area contributed by atoms with Crippen LogP contribution >= 0.6 is 11.6 Å². The molecule has 264 valence electrons. The van der Waals surface area contributed by atoms with Crippen LogP contribution in [0.1, 0.15) is 92.6 Å². The molecule has 0 saturated carbocycles. The number of unbranched alkanes of at least 4 members (excludes halogenated alkanes) is 2. The molecular weight excluding hydrogens is 642 g/mol. The van der Waals surface area contributed by atoms with Gasteiger partial charge in [-0.25, -0.2) is 0 Å². The van der Waals surface area contributed by atoms with Gasteiger partial charge in [0.15, 0.2) is 6.29 Å². The summed E-state index contributed by atoms with van der Waals surface area (Å²) in [4.78, 5) is 25.7. The highest BCUT2D eigenvalue weighted by molar-refractivity contribution is 6.30. The summed E-state index contributed by atoms with van der Waals surface area (Å²) in [6.07, 6.45) is 3.31. The number of piperidine rings is 1. The summed E-state index contributed by atoms with van der Waals surface area (Å²) < 4.78 is 13.3. The average Bonchev–Trinajstić information content (AvgIpc) is 3.11. The predicted molar refractivity (Wildman–Crippen MR) is 189 cm³/mol. The highest BCUT2D eigenvalue weighted by atomic mass is 35.5. The van der Waals surface area contributed by atoms with Gasteiger partial charge in [0, 0.05) is 62.6 Å². The Balaban J connectivity index is 1.20. The van der Waals surface area contributed by atoms with Crippen LogP contribution in [-0.4, -0.2) is 59.2 Å². The Morgan fingerprint density at radius 3 is 2.18 bits per heavy atom. The zero-order valence-corrected chi connectivity index (χ0v) is 29.3. The van der Waals surface area contributed by atoms with Crippen LogP contribution < -0.4 is 10.6 Å². The number of aliphatic hydroxyl groups is 2. The first kappa shape index (κ1) is 37.0. The number of rotatable bonds is 14. The lowest BCUT2D eigenvalue weighted by Crippen LogP contribution is -2.49. The van der Waals surface area contributed by atoms with Gasteiger partial charge in [-0.15, -0.1) is 0 Å². The number of benzene rings is 3. The van der Waals surface area contributed by atoms with Crippen molar-refractivity contribution in [2.24, 2.45) is 5.92 Å². The van der Waals surface area contributed by atoms with Gasteiger partial charge < -0.3 is 35.2 Å². The molecule has 0 spiro atoms. The summed E-state index contributed by atoms with van der Waals surface area (Å²) in [6.45, 7) is 6.92. The molecule has 2 amide bonds. The zero-order valence-electron chi connectivity index (χ0n) is 28.6. The summed E-state index contributed by atoms with van der Waals surface area (Å²) in [5.41, 5.74) is 3.80. The number of halogens is 1.